The highest BCUT2D eigenvalue weighted by atomic mass is 16.3. The summed E-state index contributed by atoms with van der Waals surface area (Å²) in [6, 6.07) is 11.6. The molecule has 2 atom stereocenters. The predicted octanol–water partition coefficient (Wildman–Crippen LogP) is 1.40. The monoisotopic (exact) mass is 356 g/mol. The van der Waals surface area contributed by atoms with E-state index in [1.54, 1.807) is 10.9 Å². The van der Waals surface area contributed by atoms with E-state index in [1.807, 2.05) is 67.3 Å². The molecule has 1 aliphatic heterocycles. The fourth-order valence-corrected chi connectivity index (χ4v) is 3.84. The molecule has 0 saturated carbocycles. The Morgan fingerprint density at radius 1 is 1.31 bits per heavy atom. The second kappa shape index (κ2) is 7.60. The third-order valence-corrected chi connectivity index (χ3v) is 5.47. The maximum Gasteiger partial charge on any atom is 0.223 e. The summed E-state index contributed by atoms with van der Waals surface area (Å²) in [6.45, 7) is 1.10. The number of likely N-dealkylation sites (N-methyl/N-ethyl adjacent to an activating group) is 1. The first-order valence-electron chi connectivity index (χ1n) is 9.11. The first kappa shape index (κ1) is 18.6. The highest BCUT2D eigenvalue weighted by molar-refractivity contribution is 5.76. The molecule has 0 radical (unpaired) electrons. The van der Waals surface area contributed by atoms with E-state index in [9.17, 15) is 9.90 Å². The summed E-state index contributed by atoms with van der Waals surface area (Å²) < 4.78 is 1.81. The number of nitrogens with zero attached hydrogens (tertiary/aromatic N) is 4. The van der Waals surface area contributed by atoms with Crippen LogP contribution in [0, 0.1) is 0 Å². The van der Waals surface area contributed by atoms with Gasteiger partial charge >= 0.3 is 0 Å². The number of aryl methyl sites for hydroxylation is 2. The standard InChI is InChI=1S/C20H28N4O2/c1-22(2)18-15-24(19(25)10-9-17-11-13-21-23(17)3)14-12-20(18,26)16-7-5-4-6-8-16/h4-8,11,13,18,26H,9-10,12,14-15H2,1-3H3/t18-,20+/m1/s1. The fraction of sp³-hybridized carbons (Fsp3) is 0.500. The minimum atomic E-state index is -0.941. The molecule has 2 aromatic rings. The first-order valence-corrected chi connectivity index (χ1v) is 9.11. The number of hydrogen-bond donors (Lipinski definition) is 1. The average Bonchev–Trinajstić information content (AvgIpc) is 3.05. The van der Waals surface area contributed by atoms with Gasteiger partial charge in [0, 0.05) is 38.4 Å². The first-order chi connectivity index (χ1) is 12.4. The number of rotatable bonds is 5. The SMILES string of the molecule is CN(C)[C@@H]1CN(C(=O)CCc2ccnn2C)CC[C@]1(O)c1ccccc1. The number of carbonyl (C=O) groups excluding carboxylic acids is 1. The molecular formula is C20H28N4O2. The fourth-order valence-electron chi connectivity index (χ4n) is 3.84. The second-order valence-electron chi connectivity index (χ2n) is 7.31. The van der Waals surface area contributed by atoms with Gasteiger partial charge in [0.2, 0.25) is 5.91 Å². The Morgan fingerprint density at radius 2 is 2.04 bits per heavy atom. The Kier molecular flexibility index (Phi) is 5.44. The van der Waals surface area contributed by atoms with Crippen LogP contribution in [0.5, 0.6) is 0 Å². The number of likely N-dealkylation sites (tertiary alicyclic amines) is 1. The van der Waals surface area contributed by atoms with Crippen LogP contribution in [-0.2, 0) is 23.9 Å². The highest BCUT2D eigenvalue weighted by Crippen LogP contribution is 2.35. The summed E-state index contributed by atoms with van der Waals surface area (Å²) in [4.78, 5) is 16.6. The van der Waals surface area contributed by atoms with Crippen LogP contribution in [0.15, 0.2) is 42.6 Å². The zero-order chi connectivity index (χ0) is 18.7. The summed E-state index contributed by atoms with van der Waals surface area (Å²) in [5.74, 6) is 0.133. The molecular weight excluding hydrogens is 328 g/mol. The van der Waals surface area contributed by atoms with E-state index >= 15 is 0 Å². The van der Waals surface area contributed by atoms with Crippen molar-refractivity contribution in [1.82, 2.24) is 19.6 Å². The zero-order valence-corrected chi connectivity index (χ0v) is 15.8. The van der Waals surface area contributed by atoms with Crippen molar-refractivity contribution >= 4 is 5.91 Å². The van der Waals surface area contributed by atoms with Gasteiger partial charge in [-0.1, -0.05) is 30.3 Å². The van der Waals surface area contributed by atoms with Gasteiger partial charge in [-0.05, 0) is 38.6 Å². The molecule has 6 heteroatoms. The summed E-state index contributed by atoms with van der Waals surface area (Å²) in [6.07, 6.45) is 3.44. The van der Waals surface area contributed by atoms with Crippen LogP contribution in [0.3, 0.4) is 0 Å². The van der Waals surface area contributed by atoms with Gasteiger partial charge in [-0.3, -0.25) is 9.48 Å². The summed E-state index contributed by atoms with van der Waals surface area (Å²) in [5.41, 5.74) is 1.03. The number of amides is 1. The van der Waals surface area contributed by atoms with Crippen molar-refractivity contribution in [2.75, 3.05) is 27.2 Å². The van der Waals surface area contributed by atoms with Gasteiger partial charge in [0.1, 0.15) is 5.60 Å². The molecule has 0 unspecified atom stereocenters. The number of aromatic nitrogens is 2. The minimum absolute atomic E-state index is 0.133. The van der Waals surface area contributed by atoms with Crippen molar-refractivity contribution in [1.29, 1.82) is 0 Å². The van der Waals surface area contributed by atoms with E-state index in [1.165, 1.54) is 0 Å². The van der Waals surface area contributed by atoms with E-state index in [0.29, 0.717) is 32.4 Å². The van der Waals surface area contributed by atoms with Gasteiger partial charge < -0.3 is 14.9 Å². The molecule has 1 aromatic carbocycles. The number of carbonyl (C=O) groups is 1. The number of piperidine rings is 1. The maximum atomic E-state index is 12.7. The topological polar surface area (TPSA) is 61.6 Å². The van der Waals surface area contributed by atoms with Crippen LogP contribution in [0.25, 0.3) is 0 Å². The summed E-state index contributed by atoms with van der Waals surface area (Å²) in [7, 11) is 5.81. The van der Waals surface area contributed by atoms with Gasteiger partial charge in [0.15, 0.2) is 0 Å². The molecule has 0 spiro atoms. The van der Waals surface area contributed by atoms with E-state index in [2.05, 4.69) is 5.10 Å². The van der Waals surface area contributed by atoms with Crippen molar-refractivity contribution in [2.45, 2.75) is 30.9 Å². The third-order valence-electron chi connectivity index (χ3n) is 5.47. The molecule has 6 nitrogen and oxygen atoms in total. The molecule has 140 valence electrons. The zero-order valence-electron chi connectivity index (χ0n) is 15.8. The molecule has 1 aromatic heterocycles. The lowest BCUT2D eigenvalue weighted by Crippen LogP contribution is -2.60. The van der Waals surface area contributed by atoms with Crippen LogP contribution >= 0.6 is 0 Å². The molecule has 2 heterocycles. The Bertz CT molecular complexity index is 743. The van der Waals surface area contributed by atoms with Crippen LogP contribution in [0.4, 0.5) is 0 Å². The van der Waals surface area contributed by atoms with Crippen molar-refractivity contribution in [3.8, 4) is 0 Å². The van der Waals surface area contributed by atoms with Crippen molar-refractivity contribution in [2.24, 2.45) is 7.05 Å². The Hall–Kier alpha value is -2.18. The van der Waals surface area contributed by atoms with Crippen LogP contribution in [0.1, 0.15) is 24.1 Å². The molecule has 1 amide bonds. The Balaban J connectivity index is 1.69. The molecule has 1 aliphatic rings. The minimum Gasteiger partial charge on any atom is -0.383 e. The van der Waals surface area contributed by atoms with E-state index in [0.717, 1.165) is 11.3 Å². The molecule has 1 fully saturated rings. The molecule has 3 rings (SSSR count). The van der Waals surface area contributed by atoms with Crippen LogP contribution in [-0.4, -0.2) is 63.8 Å². The van der Waals surface area contributed by atoms with Gasteiger partial charge in [-0.2, -0.15) is 5.10 Å². The van der Waals surface area contributed by atoms with E-state index < -0.39 is 5.60 Å². The van der Waals surface area contributed by atoms with Crippen molar-refractivity contribution < 1.29 is 9.90 Å². The third kappa shape index (κ3) is 3.66. The molecule has 26 heavy (non-hydrogen) atoms. The number of hydrogen-bond acceptors (Lipinski definition) is 4. The number of benzene rings is 1. The van der Waals surface area contributed by atoms with Crippen LogP contribution < -0.4 is 0 Å². The quantitative estimate of drug-likeness (QED) is 0.880. The highest BCUT2D eigenvalue weighted by Gasteiger charge is 2.44. The van der Waals surface area contributed by atoms with Crippen molar-refractivity contribution in [3.05, 3.63) is 53.9 Å². The average molecular weight is 356 g/mol. The predicted molar refractivity (Wildman–Crippen MR) is 101 cm³/mol. The normalized spacial score (nSPS) is 23.4. The second-order valence-corrected chi connectivity index (χ2v) is 7.31. The molecule has 1 saturated heterocycles. The van der Waals surface area contributed by atoms with Crippen LogP contribution in [0.2, 0.25) is 0 Å². The maximum absolute atomic E-state index is 12.7. The lowest BCUT2D eigenvalue weighted by molar-refractivity contribution is -0.142. The lowest BCUT2D eigenvalue weighted by atomic mass is 9.79. The Labute approximate surface area is 155 Å². The van der Waals surface area contributed by atoms with Gasteiger partial charge in [0.25, 0.3) is 0 Å². The van der Waals surface area contributed by atoms with Gasteiger partial charge in [-0.25, -0.2) is 0 Å². The largest absolute Gasteiger partial charge is 0.383 e. The molecule has 0 bridgehead atoms. The van der Waals surface area contributed by atoms with Gasteiger partial charge in [-0.15, -0.1) is 0 Å². The summed E-state index contributed by atoms with van der Waals surface area (Å²) in [5, 5.41) is 15.5. The van der Waals surface area contributed by atoms with E-state index in [-0.39, 0.29) is 11.9 Å². The smallest absolute Gasteiger partial charge is 0.223 e. The van der Waals surface area contributed by atoms with Gasteiger partial charge in [0.05, 0.1) is 6.04 Å². The van der Waals surface area contributed by atoms with Crippen molar-refractivity contribution in [3.63, 3.8) is 0 Å². The summed E-state index contributed by atoms with van der Waals surface area (Å²) >= 11 is 0. The molecule has 0 aliphatic carbocycles. The van der Waals surface area contributed by atoms with E-state index in [4.69, 9.17) is 0 Å². The molecule has 1 N–H and O–H groups in total. The number of aliphatic hydroxyl groups is 1. The Morgan fingerprint density at radius 3 is 2.65 bits per heavy atom. The lowest BCUT2D eigenvalue weighted by Gasteiger charge is -2.47.